The molecule has 3 aromatic rings. The van der Waals surface area contributed by atoms with Gasteiger partial charge in [0.05, 0.1) is 10.7 Å². The lowest BCUT2D eigenvalue weighted by atomic mass is 10.2. The van der Waals surface area contributed by atoms with E-state index in [1.165, 1.54) is 6.08 Å². The highest BCUT2D eigenvalue weighted by molar-refractivity contribution is 7.92. The Balaban J connectivity index is 2.25. The van der Waals surface area contributed by atoms with Crippen LogP contribution in [0.4, 0.5) is 0 Å². The molecule has 0 saturated carbocycles. The van der Waals surface area contributed by atoms with Gasteiger partial charge in [0.1, 0.15) is 11.5 Å². The maximum Gasteiger partial charge on any atom is 0.231 e. The summed E-state index contributed by atoms with van der Waals surface area (Å²) in [4.78, 5) is 4.34. The molecule has 3 rings (SSSR count). The molecule has 9 heteroatoms. The van der Waals surface area contributed by atoms with E-state index in [9.17, 15) is 8.42 Å². The molecule has 23 heavy (non-hydrogen) atoms. The summed E-state index contributed by atoms with van der Waals surface area (Å²) in [6.45, 7) is 1.79. The Hall–Kier alpha value is -2.16. The largest absolute Gasteiger partial charge is 0.285 e. The molecule has 0 radical (unpaired) electrons. The molecule has 0 fully saturated rings. The van der Waals surface area contributed by atoms with Crippen LogP contribution in [0.3, 0.4) is 0 Å². The van der Waals surface area contributed by atoms with Crippen LogP contribution in [0.2, 0.25) is 5.02 Å². The average molecular weight is 352 g/mol. The highest BCUT2D eigenvalue weighted by atomic mass is 35.5. The van der Waals surface area contributed by atoms with Gasteiger partial charge < -0.3 is 0 Å². The summed E-state index contributed by atoms with van der Waals surface area (Å²) in [6, 6.07) is 3.69. The fraction of sp³-hybridized carbons (Fsp3) is 0.143. The first-order valence-corrected chi connectivity index (χ1v) is 8.62. The minimum Gasteiger partial charge on any atom is -0.285 e. The molecule has 0 amide bonds. The molecule has 120 valence electrons. The summed E-state index contributed by atoms with van der Waals surface area (Å²) in [5.41, 5.74) is 2.02. The monoisotopic (exact) mass is 351 g/mol. The number of aryl methyl sites for hydroxylation is 2. The van der Waals surface area contributed by atoms with Gasteiger partial charge in [0.15, 0.2) is 0 Å². The Kier molecular flexibility index (Phi) is 3.75. The second kappa shape index (κ2) is 5.48. The fourth-order valence-corrected chi connectivity index (χ4v) is 2.97. The molecule has 7 nitrogen and oxygen atoms in total. The number of sulfonamides is 1. The summed E-state index contributed by atoms with van der Waals surface area (Å²) in [5.74, 6) is 0.687. The topological polar surface area (TPSA) is 95.8 Å². The van der Waals surface area contributed by atoms with Crippen molar-refractivity contribution in [3.8, 4) is 5.82 Å². The van der Waals surface area contributed by atoms with E-state index in [0.29, 0.717) is 27.7 Å². The maximum atomic E-state index is 11.2. The van der Waals surface area contributed by atoms with Crippen LogP contribution in [0.15, 0.2) is 29.9 Å². The van der Waals surface area contributed by atoms with Gasteiger partial charge in [-0.15, -0.1) is 0 Å². The number of primary sulfonamides is 1. The molecule has 0 aromatic carbocycles. The number of fused-ring (bicyclic) bond motifs is 1. The first kappa shape index (κ1) is 15.7. The van der Waals surface area contributed by atoms with Crippen LogP contribution in [0.1, 0.15) is 11.3 Å². The zero-order chi connectivity index (χ0) is 16.8. The van der Waals surface area contributed by atoms with Crippen LogP contribution in [0, 0.1) is 6.92 Å². The average Bonchev–Trinajstić information content (AvgIpc) is 2.95. The first-order valence-electron chi connectivity index (χ1n) is 6.64. The van der Waals surface area contributed by atoms with E-state index < -0.39 is 10.0 Å². The molecule has 0 unspecified atom stereocenters. The van der Waals surface area contributed by atoms with Gasteiger partial charge >= 0.3 is 0 Å². The van der Waals surface area contributed by atoms with Crippen LogP contribution in [-0.2, 0) is 17.1 Å². The summed E-state index contributed by atoms with van der Waals surface area (Å²) in [5, 5.41) is 11.8. The molecule has 0 aliphatic carbocycles. The van der Waals surface area contributed by atoms with Crippen LogP contribution >= 0.6 is 11.6 Å². The zero-order valence-electron chi connectivity index (χ0n) is 12.4. The van der Waals surface area contributed by atoms with Gasteiger partial charge in [-0.05, 0) is 25.1 Å². The fourth-order valence-electron chi connectivity index (χ4n) is 2.47. The van der Waals surface area contributed by atoms with Crippen molar-refractivity contribution in [1.29, 1.82) is 0 Å². The van der Waals surface area contributed by atoms with E-state index in [1.807, 2.05) is 22.9 Å². The van der Waals surface area contributed by atoms with Gasteiger partial charge in [-0.3, -0.25) is 9.25 Å². The van der Waals surface area contributed by atoms with Crippen molar-refractivity contribution in [1.82, 2.24) is 19.3 Å². The molecule has 0 saturated heterocycles. The number of nitrogens with two attached hydrogens (primary N) is 1. The summed E-state index contributed by atoms with van der Waals surface area (Å²) < 4.78 is 25.9. The Bertz CT molecular complexity index is 1030. The highest BCUT2D eigenvalue weighted by Gasteiger charge is 2.16. The van der Waals surface area contributed by atoms with Gasteiger partial charge in [0, 0.05) is 35.8 Å². The summed E-state index contributed by atoms with van der Waals surface area (Å²) in [7, 11) is -1.95. The van der Waals surface area contributed by atoms with Crippen molar-refractivity contribution in [2.45, 2.75) is 6.92 Å². The van der Waals surface area contributed by atoms with Crippen molar-refractivity contribution in [2.24, 2.45) is 12.2 Å². The molecule has 0 aliphatic heterocycles. The normalized spacial score (nSPS) is 12.5. The van der Waals surface area contributed by atoms with E-state index >= 15 is 0 Å². The minimum atomic E-state index is -3.72. The third-order valence-corrected chi connectivity index (χ3v) is 4.11. The summed E-state index contributed by atoms with van der Waals surface area (Å²) in [6.07, 6.45) is 4.83. The van der Waals surface area contributed by atoms with Crippen LogP contribution in [0.25, 0.3) is 22.9 Å². The van der Waals surface area contributed by atoms with Crippen LogP contribution in [0.5, 0.6) is 0 Å². The van der Waals surface area contributed by atoms with E-state index in [1.54, 1.807) is 24.9 Å². The Labute approximate surface area is 138 Å². The number of hydrogen-bond donors (Lipinski definition) is 1. The molecule has 2 N–H and O–H groups in total. The van der Waals surface area contributed by atoms with Gasteiger partial charge in [-0.1, -0.05) is 11.6 Å². The van der Waals surface area contributed by atoms with E-state index in [-0.39, 0.29) is 0 Å². The standard InChI is InChI=1S/C14H14ClN5O2S/c1-9-12(4-6-23(16,21)22)14(19(2)18-9)20-5-3-10-7-11(15)8-17-13(10)20/h3-8H,1-2H3,(H2,16,21,22)/b6-4+. The lowest BCUT2D eigenvalue weighted by molar-refractivity contribution is 0.606. The van der Waals surface area contributed by atoms with Gasteiger partial charge in [0.2, 0.25) is 10.0 Å². The zero-order valence-corrected chi connectivity index (χ0v) is 14.0. The predicted molar refractivity (Wildman–Crippen MR) is 89.7 cm³/mol. The molecular formula is C14H14ClN5O2S. The number of rotatable bonds is 3. The number of aromatic nitrogens is 4. The van der Waals surface area contributed by atoms with Crippen molar-refractivity contribution < 1.29 is 8.42 Å². The second-order valence-electron chi connectivity index (χ2n) is 5.09. The van der Waals surface area contributed by atoms with Gasteiger partial charge in [-0.25, -0.2) is 18.5 Å². The molecule has 0 aliphatic rings. The molecular weight excluding hydrogens is 338 g/mol. The van der Waals surface area contributed by atoms with Crippen molar-refractivity contribution >= 4 is 38.7 Å². The van der Waals surface area contributed by atoms with E-state index in [4.69, 9.17) is 16.7 Å². The number of nitrogens with zero attached hydrogens (tertiary/aromatic N) is 4. The number of pyridine rings is 1. The molecule has 3 aromatic heterocycles. The quantitative estimate of drug-likeness (QED) is 0.780. The predicted octanol–water partition coefficient (Wildman–Crippen LogP) is 1.98. The van der Waals surface area contributed by atoms with Crippen molar-refractivity contribution in [3.05, 3.63) is 46.2 Å². The number of halogens is 1. The molecule has 0 spiro atoms. The molecule has 0 bridgehead atoms. The third-order valence-electron chi connectivity index (χ3n) is 3.38. The Morgan fingerprint density at radius 2 is 2.13 bits per heavy atom. The third kappa shape index (κ3) is 3.00. The highest BCUT2D eigenvalue weighted by Crippen LogP contribution is 2.25. The smallest absolute Gasteiger partial charge is 0.231 e. The van der Waals surface area contributed by atoms with Gasteiger partial charge in [-0.2, -0.15) is 5.10 Å². The van der Waals surface area contributed by atoms with Crippen molar-refractivity contribution in [2.75, 3.05) is 0 Å². The first-order chi connectivity index (χ1) is 10.8. The molecule has 0 atom stereocenters. The van der Waals surface area contributed by atoms with Gasteiger partial charge in [0.25, 0.3) is 0 Å². The van der Waals surface area contributed by atoms with Crippen LogP contribution in [-0.4, -0.2) is 27.7 Å². The Morgan fingerprint density at radius 1 is 1.39 bits per heavy atom. The SMILES string of the molecule is Cc1nn(C)c(-n2ccc3cc(Cl)cnc32)c1/C=C/S(N)(=O)=O. The maximum absolute atomic E-state index is 11.2. The lowest BCUT2D eigenvalue weighted by Crippen LogP contribution is -2.07. The lowest BCUT2D eigenvalue weighted by Gasteiger charge is -2.07. The van der Waals surface area contributed by atoms with E-state index in [2.05, 4.69) is 10.1 Å². The molecule has 3 heterocycles. The van der Waals surface area contributed by atoms with Crippen LogP contribution < -0.4 is 5.14 Å². The second-order valence-corrected chi connectivity index (χ2v) is 6.98. The minimum absolute atomic E-state index is 0.547. The number of hydrogen-bond acceptors (Lipinski definition) is 4. The summed E-state index contributed by atoms with van der Waals surface area (Å²) >= 11 is 5.96. The van der Waals surface area contributed by atoms with Crippen molar-refractivity contribution in [3.63, 3.8) is 0 Å². The van der Waals surface area contributed by atoms with E-state index in [0.717, 1.165) is 10.8 Å². The Morgan fingerprint density at radius 3 is 2.83 bits per heavy atom.